The van der Waals surface area contributed by atoms with Gasteiger partial charge in [-0.2, -0.15) is 0 Å². The highest BCUT2D eigenvalue weighted by molar-refractivity contribution is 7.13. The standard InChI is InChI=1S/C14H17N3OS/c1-3-17(4-2)13(18)11-6-5-7-12(10-11)16-14-15-8-9-19-14/h5-10H,3-4H2,1-2H3,(H,15,16). The molecule has 0 atom stereocenters. The molecule has 5 heteroatoms. The Morgan fingerprint density at radius 2 is 2.16 bits per heavy atom. The fourth-order valence-corrected chi connectivity index (χ4v) is 2.38. The first-order valence-corrected chi connectivity index (χ1v) is 7.18. The summed E-state index contributed by atoms with van der Waals surface area (Å²) >= 11 is 1.53. The van der Waals surface area contributed by atoms with E-state index >= 15 is 0 Å². The third kappa shape index (κ3) is 3.32. The van der Waals surface area contributed by atoms with E-state index in [0.29, 0.717) is 5.56 Å². The van der Waals surface area contributed by atoms with Crippen molar-refractivity contribution in [2.24, 2.45) is 0 Å². The van der Waals surface area contributed by atoms with Crippen molar-refractivity contribution in [1.29, 1.82) is 0 Å². The number of amides is 1. The Labute approximate surface area is 117 Å². The summed E-state index contributed by atoms with van der Waals surface area (Å²) < 4.78 is 0. The second-order valence-corrected chi connectivity index (χ2v) is 4.92. The molecule has 0 fully saturated rings. The van der Waals surface area contributed by atoms with E-state index in [0.717, 1.165) is 23.9 Å². The van der Waals surface area contributed by atoms with Crippen LogP contribution in [-0.2, 0) is 0 Å². The number of aromatic nitrogens is 1. The quantitative estimate of drug-likeness (QED) is 0.910. The third-order valence-corrected chi connectivity index (χ3v) is 3.53. The SMILES string of the molecule is CCN(CC)C(=O)c1cccc(Nc2nccs2)c1. The van der Waals surface area contributed by atoms with Crippen LogP contribution in [0.5, 0.6) is 0 Å². The first kappa shape index (κ1) is 13.5. The van der Waals surface area contributed by atoms with Gasteiger partial charge in [0.1, 0.15) is 0 Å². The van der Waals surface area contributed by atoms with E-state index in [4.69, 9.17) is 0 Å². The first-order chi connectivity index (χ1) is 9.24. The molecule has 0 saturated carbocycles. The highest BCUT2D eigenvalue weighted by Gasteiger charge is 2.12. The van der Waals surface area contributed by atoms with Gasteiger partial charge in [0.25, 0.3) is 5.91 Å². The molecule has 0 aliphatic rings. The van der Waals surface area contributed by atoms with Gasteiger partial charge in [-0.1, -0.05) is 6.07 Å². The molecule has 1 aromatic heterocycles. The van der Waals surface area contributed by atoms with Crippen LogP contribution in [0.4, 0.5) is 10.8 Å². The number of nitrogens with one attached hydrogen (secondary N) is 1. The molecule has 19 heavy (non-hydrogen) atoms. The largest absolute Gasteiger partial charge is 0.339 e. The molecule has 0 spiro atoms. The average Bonchev–Trinajstić information content (AvgIpc) is 2.93. The lowest BCUT2D eigenvalue weighted by Crippen LogP contribution is -2.30. The Morgan fingerprint density at radius 3 is 2.79 bits per heavy atom. The van der Waals surface area contributed by atoms with E-state index in [-0.39, 0.29) is 5.91 Å². The number of anilines is 2. The summed E-state index contributed by atoms with van der Waals surface area (Å²) in [5.74, 6) is 0.0628. The van der Waals surface area contributed by atoms with E-state index in [1.54, 1.807) is 6.20 Å². The Bertz CT molecular complexity index is 535. The van der Waals surface area contributed by atoms with Gasteiger partial charge in [0.05, 0.1) is 0 Å². The maximum Gasteiger partial charge on any atom is 0.253 e. The lowest BCUT2D eigenvalue weighted by atomic mass is 10.1. The van der Waals surface area contributed by atoms with Gasteiger partial charge in [-0.3, -0.25) is 4.79 Å². The summed E-state index contributed by atoms with van der Waals surface area (Å²) in [5.41, 5.74) is 1.58. The molecule has 1 N–H and O–H groups in total. The fourth-order valence-electron chi connectivity index (χ4n) is 1.83. The topological polar surface area (TPSA) is 45.2 Å². The minimum atomic E-state index is 0.0628. The van der Waals surface area contributed by atoms with Crippen LogP contribution in [-0.4, -0.2) is 28.9 Å². The van der Waals surface area contributed by atoms with Crippen molar-refractivity contribution in [3.05, 3.63) is 41.4 Å². The third-order valence-electron chi connectivity index (χ3n) is 2.84. The minimum Gasteiger partial charge on any atom is -0.339 e. The zero-order valence-corrected chi connectivity index (χ0v) is 11.9. The van der Waals surface area contributed by atoms with Crippen molar-refractivity contribution in [2.75, 3.05) is 18.4 Å². The molecule has 0 bridgehead atoms. The molecule has 0 aliphatic carbocycles. The molecule has 2 aromatic rings. The molecule has 100 valence electrons. The summed E-state index contributed by atoms with van der Waals surface area (Å²) in [4.78, 5) is 18.2. The lowest BCUT2D eigenvalue weighted by molar-refractivity contribution is 0.0773. The second kappa shape index (κ2) is 6.33. The highest BCUT2D eigenvalue weighted by atomic mass is 32.1. The van der Waals surface area contributed by atoms with Crippen LogP contribution in [0.25, 0.3) is 0 Å². The molecule has 0 saturated heterocycles. The smallest absolute Gasteiger partial charge is 0.253 e. The number of thiazole rings is 1. The zero-order chi connectivity index (χ0) is 13.7. The molecule has 1 aromatic carbocycles. The number of hydrogen-bond donors (Lipinski definition) is 1. The zero-order valence-electron chi connectivity index (χ0n) is 11.1. The van der Waals surface area contributed by atoms with E-state index in [2.05, 4.69) is 10.3 Å². The fraction of sp³-hybridized carbons (Fsp3) is 0.286. The van der Waals surface area contributed by atoms with Crippen LogP contribution in [0.1, 0.15) is 24.2 Å². The predicted octanol–water partition coefficient (Wildman–Crippen LogP) is 3.37. The molecule has 0 radical (unpaired) electrons. The molecular formula is C14H17N3OS. The van der Waals surface area contributed by atoms with Gasteiger partial charge in [-0.15, -0.1) is 11.3 Å². The summed E-state index contributed by atoms with van der Waals surface area (Å²) in [6.07, 6.45) is 1.75. The minimum absolute atomic E-state index is 0.0628. The van der Waals surface area contributed by atoms with E-state index in [1.807, 2.05) is 48.4 Å². The molecule has 2 rings (SSSR count). The van der Waals surface area contributed by atoms with Gasteiger partial charge >= 0.3 is 0 Å². The number of carbonyl (C=O) groups excluding carboxylic acids is 1. The Morgan fingerprint density at radius 1 is 1.37 bits per heavy atom. The van der Waals surface area contributed by atoms with Crippen LogP contribution >= 0.6 is 11.3 Å². The molecule has 4 nitrogen and oxygen atoms in total. The molecule has 0 unspecified atom stereocenters. The van der Waals surface area contributed by atoms with Crippen molar-refractivity contribution in [3.8, 4) is 0 Å². The van der Waals surface area contributed by atoms with Crippen LogP contribution in [0.2, 0.25) is 0 Å². The van der Waals surface area contributed by atoms with E-state index in [1.165, 1.54) is 11.3 Å². The number of carbonyl (C=O) groups is 1. The van der Waals surface area contributed by atoms with Crippen molar-refractivity contribution in [1.82, 2.24) is 9.88 Å². The number of rotatable bonds is 5. The van der Waals surface area contributed by atoms with Gasteiger partial charge in [0.2, 0.25) is 0 Å². The van der Waals surface area contributed by atoms with Crippen LogP contribution in [0.3, 0.4) is 0 Å². The monoisotopic (exact) mass is 275 g/mol. The second-order valence-electron chi connectivity index (χ2n) is 4.02. The van der Waals surface area contributed by atoms with Gasteiger partial charge in [-0.05, 0) is 32.0 Å². The summed E-state index contributed by atoms with van der Waals surface area (Å²) in [6, 6.07) is 7.52. The lowest BCUT2D eigenvalue weighted by Gasteiger charge is -2.18. The number of nitrogens with zero attached hydrogens (tertiary/aromatic N) is 2. The van der Waals surface area contributed by atoms with E-state index in [9.17, 15) is 4.79 Å². The van der Waals surface area contributed by atoms with Crippen molar-refractivity contribution in [2.45, 2.75) is 13.8 Å². The molecule has 1 amide bonds. The summed E-state index contributed by atoms with van der Waals surface area (Å²) in [7, 11) is 0. The molecular weight excluding hydrogens is 258 g/mol. The molecule has 1 heterocycles. The predicted molar refractivity (Wildman–Crippen MR) is 79.1 cm³/mol. The summed E-state index contributed by atoms with van der Waals surface area (Å²) in [5, 5.41) is 5.93. The summed E-state index contributed by atoms with van der Waals surface area (Å²) in [6.45, 7) is 5.41. The first-order valence-electron chi connectivity index (χ1n) is 6.30. The van der Waals surface area contributed by atoms with Crippen molar-refractivity contribution < 1.29 is 4.79 Å². The van der Waals surface area contributed by atoms with E-state index < -0.39 is 0 Å². The number of benzene rings is 1. The van der Waals surface area contributed by atoms with Crippen LogP contribution in [0, 0.1) is 0 Å². The number of hydrogen-bond acceptors (Lipinski definition) is 4. The normalized spacial score (nSPS) is 10.2. The van der Waals surface area contributed by atoms with Crippen molar-refractivity contribution in [3.63, 3.8) is 0 Å². The molecule has 0 aliphatic heterocycles. The van der Waals surface area contributed by atoms with Crippen LogP contribution in [0.15, 0.2) is 35.8 Å². The van der Waals surface area contributed by atoms with Crippen LogP contribution < -0.4 is 5.32 Å². The average molecular weight is 275 g/mol. The van der Waals surface area contributed by atoms with Gasteiger partial charge in [-0.25, -0.2) is 4.98 Å². The Kier molecular flexibility index (Phi) is 4.52. The van der Waals surface area contributed by atoms with Crippen molar-refractivity contribution >= 4 is 28.1 Å². The highest BCUT2D eigenvalue weighted by Crippen LogP contribution is 2.20. The van der Waals surface area contributed by atoms with Gasteiger partial charge in [0, 0.05) is 35.9 Å². The van der Waals surface area contributed by atoms with Gasteiger partial charge in [0.15, 0.2) is 5.13 Å². The Balaban J connectivity index is 2.17. The maximum absolute atomic E-state index is 12.2. The van der Waals surface area contributed by atoms with Gasteiger partial charge < -0.3 is 10.2 Å². The maximum atomic E-state index is 12.2. The Hall–Kier alpha value is -1.88.